The van der Waals surface area contributed by atoms with Crippen molar-refractivity contribution in [2.75, 3.05) is 24.7 Å². The number of sulfonamides is 1. The first-order valence-electron chi connectivity index (χ1n) is 6.49. The van der Waals surface area contributed by atoms with Crippen LogP contribution in [0.25, 0.3) is 0 Å². The van der Waals surface area contributed by atoms with Crippen LogP contribution in [0.4, 0.5) is 5.69 Å². The van der Waals surface area contributed by atoms with Gasteiger partial charge in [-0.3, -0.25) is 4.79 Å². The second-order valence-electron chi connectivity index (χ2n) is 4.30. The largest absolute Gasteiger partial charge is 0.490 e. The molecule has 0 saturated carbocycles. The van der Waals surface area contributed by atoms with Gasteiger partial charge in [0.15, 0.2) is 0 Å². The highest BCUT2D eigenvalue weighted by Gasteiger charge is 2.21. The molecule has 7 nitrogen and oxygen atoms in total. The van der Waals surface area contributed by atoms with Crippen molar-refractivity contribution in [3.8, 4) is 5.75 Å². The monoisotopic (exact) mass is 316 g/mol. The Morgan fingerprint density at radius 2 is 2.05 bits per heavy atom. The lowest BCUT2D eigenvalue weighted by Crippen LogP contribution is -2.41. The highest BCUT2D eigenvalue weighted by molar-refractivity contribution is 7.89. The maximum absolute atomic E-state index is 11.8. The average molecular weight is 316 g/mol. The van der Waals surface area contributed by atoms with E-state index in [1.807, 2.05) is 0 Å². The molecule has 21 heavy (non-hydrogen) atoms. The van der Waals surface area contributed by atoms with E-state index in [0.717, 1.165) is 0 Å². The predicted octanol–water partition coefficient (Wildman–Crippen LogP) is 0.519. The van der Waals surface area contributed by atoms with Gasteiger partial charge in [0.25, 0.3) is 0 Å². The van der Waals surface area contributed by atoms with Crippen LogP contribution in [0.2, 0.25) is 0 Å². The van der Waals surface area contributed by atoms with Crippen LogP contribution in [0.1, 0.15) is 13.8 Å². The molecule has 0 fully saturated rings. The van der Waals surface area contributed by atoms with Gasteiger partial charge in [-0.15, -0.1) is 0 Å². The van der Waals surface area contributed by atoms with E-state index < -0.39 is 22.0 Å². The Bertz CT molecular complexity index is 574. The molecule has 0 spiro atoms. The minimum Gasteiger partial charge on any atom is -0.490 e. The molecule has 0 heterocycles. The Kier molecular flexibility index (Phi) is 6.44. The molecular weight excluding hydrogens is 296 g/mol. The third-order valence-electron chi connectivity index (χ3n) is 2.53. The molecule has 1 unspecified atom stereocenters. The van der Waals surface area contributed by atoms with Crippen LogP contribution < -0.4 is 15.2 Å². The molecule has 1 atom stereocenters. The molecule has 1 aromatic rings. The molecule has 0 aromatic heterocycles. The molecular formula is C13H20N2O5S. The number of hydrogen-bond donors (Lipinski definition) is 2. The Labute approximate surface area is 124 Å². The third-order valence-corrected chi connectivity index (χ3v) is 3.94. The highest BCUT2D eigenvalue weighted by atomic mass is 32.2. The summed E-state index contributed by atoms with van der Waals surface area (Å²) in [6.07, 6.45) is 0. The van der Waals surface area contributed by atoms with Crippen LogP contribution in [0.5, 0.6) is 5.75 Å². The van der Waals surface area contributed by atoms with Crippen LogP contribution in [-0.2, 0) is 19.6 Å². The van der Waals surface area contributed by atoms with Gasteiger partial charge in [0.05, 0.1) is 18.0 Å². The molecule has 1 aromatic carbocycles. The number of esters is 1. The molecule has 1 rings (SSSR count). The van der Waals surface area contributed by atoms with Gasteiger partial charge < -0.3 is 15.2 Å². The van der Waals surface area contributed by atoms with Gasteiger partial charge in [-0.2, -0.15) is 0 Å². The summed E-state index contributed by atoms with van der Waals surface area (Å²) in [4.78, 5) is 11.4. The average Bonchev–Trinajstić information content (AvgIpc) is 2.40. The van der Waals surface area contributed by atoms with Crippen molar-refractivity contribution in [3.05, 3.63) is 24.3 Å². The maximum atomic E-state index is 11.8. The summed E-state index contributed by atoms with van der Waals surface area (Å²) in [7, 11) is -3.64. The predicted molar refractivity (Wildman–Crippen MR) is 79.4 cm³/mol. The van der Waals surface area contributed by atoms with Gasteiger partial charge in [-0.1, -0.05) is 12.1 Å². The Morgan fingerprint density at radius 3 is 2.67 bits per heavy atom. The normalized spacial score (nSPS) is 12.7. The second kappa shape index (κ2) is 7.84. The summed E-state index contributed by atoms with van der Waals surface area (Å²) in [5.41, 5.74) is 6.11. The minimum atomic E-state index is -3.64. The molecule has 0 aliphatic heterocycles. The van der Waals surface area contributed by atoms with Gasteiger partial charge in [0.2, 0.25) is 10.0 Å². The van der Waals surface area contributed by atoms with E-state index in [1.165, 1.54) is 6.92 Å². The van der Waals surface area contributed by atoms with E-state index in [0.29, 0.717) is 11.4 Å². The van der Waals surface area contributed by atoms with E-state index in [9.17, 15) is 13.2 Å². The second-order valence-corrected chi connectivity index (χ2v) is 6.17. The van der Waals surface area contributed by atoms with Crippen molar-refractivity contribution < 1.29 is 22.7 Å². The van der Waals surface area contributed by atoms with Crippen LogP contribution >= 0.6 is 0 Å². The van der Waals surface area contributed by atoms with Gasteiger partial charge in [0, 0.05) is 0 Å². The number of carbonyl (C=O) groups excluding carboxylic acids is 1. The highest BCUT2D eigenvalue weighted by Crippen LogP contribution is 2.19. The number of para-hydroxylation sites is 2. The standard InChI is InChI=1S/C13H20N2O5S/c1-3-19-13(16)10(2)15-21(17,18)9-8-20-12-7-5-4-6-11(12)14/h4-7,10,15H,3,8-9,14H2,1-2H3. The Hall–Kier alpha value is -1.80. The summed E-state index contributed by atoms with van der Waals surface area (Å²) < 4.78 is 35.8. The lowest BCUT2D eigenvalue weighted by molar-refractivity contribution is -0.144. The summed E-state index contributed by atoms with van der Waals surface area (Å²) in [6, 6.07) is 5.86. The van der Waals surface area contributed by atoms with E-state index in [-0.39, 0.29) is 19.0 Å². The Morgan fingerprint density at radius 1 is 1.38 bits per heavy atom. The fourth-order valence-corrected chi connectivity index (χ4v) is 2.57. The zero-order chi connectivity index (χ0) is 15.9. The van der Waals surface area contributed by atoms with Crippen molar-refractivity contribution >= 4 is 21.7 Å². The molecule has 118 valence electrons. The quantitative estimate of drug-likeness (QED) is 0.535. The number of nitrogens with two attached hydrogens (primary N) is 1. The SMILES string of the molecule is CCOC(=O)C(C)NS(=O)(=O)CCOc1ccccc1N. The molecule has 8 heteroatoms. The number of nitrogens with one attached hydrogen (secondary N) is 1. The van der Waals surface area contributed by atoms with Crippen molar-refractivity contribution in [2.24, 2.45) is 0 Å². The van der Waals surface area contributed by atoms with Gasteiger partial charge in [0.1, 0.15) is 18.4 Å². The number of ether oxygens (including phenoxy) is 2. The minimum absolute atomic E-state index is 0.0703. The fraction of sp³-hybridized carbons (Fsp3) is 0.462. The fourth-order valence-electron chi connectivity index (χ4n) is 1.52. The smallest absolute Gasteiger partial charge is 0.323 e. The van der Waals surface area contributed by atoms with Crippen molar-refractivity contribution in [3.63, 3.8) is 0 Å². The number of anilines is 1. The molecule has 3 N–H and O–H groups in total. The molecule has 0 aliphatic rings. The molecule has 0 aliphatic carbocycles. The summed E-state index contributed by atoms with van der Waals surface area (Å²) in [5, 5.41) is 0. The van der Waals surface area contributed by atoms with Gasteiger partial charge >= 0.3 is 5.97 Å². The first kappa shape index (κ1) is 17.3. The van der Waals surface area contributed by atoms with E-state index in [1.54, 1.807) is 31.2 Å². The topological polar surface area (TPSA) is 108 Å². The number of hydrogen-bond acceptors (Lipinski definition) is 6. The van der Waals surface area contributed by atoms with E-state index >= 15 is 0 Å². The van der Waals surface area contributed by atoms with Gasteiger partial charge in [-0.25, -0.2) is 13.1 Å². The molecule has 0 amide bonds. The Balaban J connectivity index is 2.46. The maximum Gasteiger partial charge on any atom is 0.323 e. The first-order valence-corrected chi connectivity index (χ1v) is 8.15. The van der Waals surface area contributed by atoms with E-state index in [4.69, 9.17) is 15.2 Å². The summed E-state index contributed by atoms with van der Waals surface area (Å²) in [6.45, 7) is 3.20. The molecule has 0 bridgehead atoms. The first-order chi connectivity index (χ1) is 9.85. The number of rotatable bonds is 8. The number of carbonyl (C=O) groups is 1. The lowest BCUT2D eigenvalue weighted by Gasteiger charge is -2.13. The third kappa shape index (κ3) is 6.01. The van der Waals surface area contributed by atoms with Crippen LogP contribution in [0.3, 0.4) is 0 Å². The zero-order valence-corrected chi connectivity index (χ0v) is 12.9. The lowest BCUT2D eigenvalue weighted by atomic mass is 10.3. The summed E-state index contributed by atoms with van der Waals surface area (Å²) in [5.74, 6) is -0.481. The summed E-state index contributed by atoms with van der Waals surface area (Å²) >= 11 is 0. The molecule has 0 radical (unpaired) electrons. The zero-order valence-electron chi connectivity index (χ0n) is 12.0. The van der Waals surface area contributed by atoms with Crippen molar-refractivity contribution in [2.45, 2.75) is 19.9 Å². The number of nitrogen functional groups attached to an aromatic ring is 1. The van der Waals surface area contributed by atoms with E-state index in [2.05, 4.69) is 4.72 Å². The van der Waals surface area contributed by atoms with Crippen molar-refractivity contribution in [1.29, 1.82) is 0 Å². The van der Waals surface area contributed by atoms with Gasteiger partial charge in [-0.05, 0) is 26.0 Å². The number of benzene rings is 1. The van der Waals surface area contributed by atoms with Crippen molar-refractivity contribution in [1.82, 2.24) is 4.72 Å². The van der Waals surface area contributed by atoms with Crippen LogP contribution in [-0.4, -0.2) is 39.4 Å². The van der Waals surface area contributed by atoms with Crippen LogP contribution in [0, 0.1) is 0 Å². The molecule has 0 saturated heterocycles. The van der Waals surface area contributed by atoms with Crippen LogP contribution in [0.15, 0.2) is 24.3 Å².